The molecule has 28 heavy (non-hydrogen) atoms. The van der Waals surface area contributed by atoms with Crippen molar-refractivity contribution in [3.8, 4) is 5.75 Å². The second-order valence-electron chi connectivity index (χ2n) is 7.95. The fourth-order valence-corrected chi connectivity index (χ4v) is 2.86. The van der Waals surface area contributed by atoms with Gasteiger partial charge in [-0.2, -0.15) is 0 Å². The van der Waals surface area contributed by atoms with Gasteiger partial charge in [0.1, 0.15) is 11.8 Å². The second-order valence-corrected chi connectivity index (χ2v) is 7.95. The van der Waals surface area contributed by atoms with E-state index in [9.17, 15) is 9.59 Å². The largest absolute Gasteiger partial charge is 0.497 e. The van der Waals surface area contributed by atoms with Gasteiger partial charge in [-0.25, -0.2) is 0 Å². The molecule has 0 unspecified atom stereocenters. The molecule has 0 saturated heterocycles. The number of nitrogens with zero attached hydrogens (tertiary/aromatic N) is 1. The Kier molecular flexibility index (Phi) is 7.21. The smallest absolute Gasteiger partial charge is 0.242 e. The van der Waals surface area contributed by atoms with Gasteiger partial charge in [-0.05, 0) is 51.0 Å². The van der Waals surface area contributed by atoms with Crippen LogP contribution in [0.15, 0.2) is 54.6 Å². The van der Waals surface area contributed by atoms with Gasteiger partial charge < -0.3 is 15.0 Å². The molecule has 2 aromatic carbocycles. The highest BCUT2D eigenvalue weighted by atomic mass is 16.5. The molecule has 0 radical (unpaired) electrons. The van der Waals surface area contributed by atoms with E-state index in [0.717, 1.165) is 16.9 Å². The summed E-state index contributed by atoms with van der Waals surface area (Å²) in [5, 5.41) is 2.97. The van der Waals surface area contributed by atoms with Gasteiger partial charge in [0.15, 0.2) is 0 Å². The van der Waals surface area contributed by atoms with Gasteiger partial charge in [0.05, 0.1) is 13.5 Å². The van der Waals surface area contributed by atoms with Crippen molar-refractivity contribution in [1.29, 1.82) is 0 Å². The first-order chi connectivity index (χ1) is 13.2. The molecule has 0 aliphatic heterocycles. The number of hydrogen-bond acceptors (Lipinski definition) is 3. The monoisotopic (exact) mass is 382 g/mol. The Morgan fingerprint density at radius 2 is 1.61 bits per heavy atom. The third kappa shape index (κ3) is 6.41. The van der Waals surface area contributed by atoms with E-state index in [-0.39, 0.29) is 23.8 Å². The van der Waals surface area contributed by atoms with E-state index in [1.165, 1.54) is 0 Å². The first kappa shape index (κ1) is 21.5. The molecular formula is C23H30N2O3. The van der Waals surface area contributed by atoms with E-state index in [2.05, 4.69) is 5.32 Å². The van der Waals surface area contributed by atoms with Gasteiger partial charge in [0, 0.05) is 12.1 Å². The zero-order chi connectivity index (χ0) is 20.7. The lowest BCUT2D eigenvalue weighted by molar-refractivity contribution is -0.140. The van der Waals surface area contributed by atoms with Gasteiger partial charge >= 0.3 is 0 Å². The molecule has 0 aliphatic carbocycles. The lowest BCUT2D eigenvalue weighted by Crippen LogP contribution is -2.52. The van der Waals surface area contributed by atoms with Crippen molar-refractivity contribution in [3.05, 3.63) is 65.7 Å². The molecular weight excluding hydrogens is 352 g/mol. The molecule has 1 N–H and O–H groups in total. The molecule has 0 bridgehead atoms. The first-order valence-corrected chi connectivity index (χ1v) is 9.48. The summed E-state index contributed by atoms with van der Waals surface area (Å²) in [5.74, 6) is 0.493. The molecule has 2 aromatic rings. The summed E-state index contributed by atoms with van der Waals surface area (Å²) in [6, 6.07) is 16.6. The number of ether oxygens (including phenoxy) is 1. The summed E-state index contributed by atoms with van der Waals surface area (Å²) >= 11 is 0. The quantitative estimate of drug-likeness (QED) is 0.796. The molecule has 5 heteroatoms. The van der Waals surface area contributed by atoms with Crippen molar-refractivity contribution in [2.45, 2.75) is 52.2 Å². The van der Waals surface area contributed by atoms with Crippen LogP contribution in [0.3, 0.4) is 0 Å². The highest BCUT2D eigenvalue weighted by Crippen LogP contribution is 2.16. The van der Waals surface area contributed by atoms with Crippen LogP contribution in [0.2, 0.25) is 0 Å². The zero-order valence-corrected chi connectivity index (χ0v) is 17.4. The van der Waals surface area contributed by atoms with Crippen LogP contribution in [0, 0.1) is 0 Å². The second kappa shape index (κ2) is 9.40. The van der Waals surface area contributed by atoms with Crippen molar-refractivity contribution in [2.24, 2.45) is 0 Å². The number of carbonyl (C=O) groups excluding carboxylic acids is 2. The summed E-state index contributed by atoms with van der Waals surface area (Å²) in [5.41, 5.74) is 1.51. The molecule has 5 nitrogen and oxygen atoms in total. The van der Waals surface area contributed by atoms with E-state index >= 15 is 0 Å². The van der Waals surface area contributed by atoms with E-state index in [1.807, 2.05) is 75.4 Å². The molecule has 2 rings (SSSR count). The molecule has 0 aliphatic rings. The van der Waals surface area contributed by atoms with E-state index in [4.69, 9.17) is 4.74 Å². The van der Waals surface area contributed by atoms with Crippen molar-refractivity contribution in [2.75, 3.05) is 7.11 Å². The third-order valence-corrected chi connectivity index (χ3v) is 4.38. The highest BCUT2D eigenvalue weighted by molar-refractivity contribution is 5.88. The molecule has 0 heterocycles. The average Bonchev–Trinajstić information content (AvgIpc) is 2.65. The maximum atomic E-state index is 13.1. The topological polar surface area (TPSA) is 58.6 Å². The molecule has 2 amide bonds. The average molecular weight is 383 g/mol. The summed E-state index contributed by atoms with van der Waals surface area (Å²) in [7, 11) is 1.61. The van der Waals surface area contributed by atoms with Gasteiger partial charge in [-0.3, -0.25) is 9.59 Å². The minimum absolute atomic E-state index is 0.0921. The Morgan fingerprint density at radius 3 is 2.14 bits per heavy atom. The van der Waals surface area contributed by atoms with Crippen LogP contribution in [0.5, 0.6) is 5.75 Å². The molecule has 0 aromatic heterocycles. The number of rotatable bonds is 7. The van der Waals surface area contributed by atoms with E-state index < -0.39 is 6.04 Å². The maximum Gasteiger partial charge on any atom is 0.242 e. The minimum Gasteiger partial charge on any atom is -0.497 e. The molecule has 0 saturated carbocycles. The van der Waals surface area contributed by atoms with Crippen LogP contribution in [-0.4, -0.2) is 35.4 Å². The van der Waals surface area contributed by atoms with Crippen LogP contribution < -0.4 is 10.1 Å². The number of methoxy groups -OCH3 is 1. The number of amides is 2. The highest BCUT2D eigenvalue weighted by Gasteiger charge is 2.28. The van der Waals surface area contributed by atoms with Crippen molar-refractivity contribution < 1.29 is 14.3 Å². The SMILES string of the molecule is COc1ccc(CC(=O)N(Cc2ccccc2)[C@@H](C)C(=O)NC(C)(C)C)cc1. The number of hydrogen-bond donors (Lipinski definition) is 1. The zero-order valence-electron chi connectivity index (χ0n) is 17.4. The van der Waals surface area contributed by atoms with Crippen LogP contribution in [-0.2, 0) is 22.6 Å². The van der Waals surface area contributed by atoms with Gasteiger partial charge in [-0.15, -0.1) is 0 Å². The molecule has 0 fully saturated rings. The Morgan fingerprint density at radius 1 is 1.00 bits per heavy atom. The van der Waals surface area contributed by atoms with Crippen molar-refractivity contribution in [3.63, 3.8) is 0 Å². The summed E-state index contributed by atoms with van der Waals surface area (Å²) < 4.78 is 5.17. The van der Waals surface area contributed by atoms with Crippen molar-refractivity contribution in [1.82, 2.24) is 10.2 Å². The van der Waals surface area contributed by atoms with Crippen LogP contribution >= 0.6 is 0 Å². The van der Waals surface area contributed by atoms with Crippen LogP contribution in [0.4, 0.5) is 0 Å². The number of nitrogens with one attached hydrogen (secondary N) is 1. The standard InChI is InChI=1S/C23H30N2O3/c1-17(22(27)24-23(2,3)4)25(16-19-9-7-6-8-10-19)21(26)15-18-11-13-20(28-5)14-12-18/h6-14,17H,15-16H2,1-5H3,(H,24,27)/t17-/m0/s1. The Bertz CT molecular complexity index is 780. The molecule has 1 atom stereocenters. The summed E-state index contributed by atoms with van der Waals surface area (Å²) in [6.45, 7) is 7.94. The fraction of sp³-hybridized carbons (Fsp3) is 0.391. The Hall–Kier alpha value is -2.82. The Balaban J connectivity index is 2.20. The van der Waals surface area contributed by atoms with Gasteiger partial charge in [-0.1, -0.05) is 42.5 Å². The number of benzene rings is 2. The predicted molar refractivity (Wildman–Crippen MR) is 111 cm³/mol. The summed E-state index contributed by atoms with van der Waals surface area (Å²) in [6.07, 6.45) is 0.226. The van der Waals surface area contributed by atoms with Crippen LogP contribution in [0.1, 0.15) is 38.8 Å². The van der Waals surface area contributed by atoms with Gasteiger partial charge in [0.2, 0.25) is 11.8 Å². The third-order valence-electron chi connectivity index (χ3n) is 4.38. The fourth-order valence-electron chi connectivity index (χ4n) is 2.86. The van der Waals surface area contributed by atoms with Gasteiger partial charge in [0.25, 0.3) is 0 Å². The molecule has 150 valence electrons. The van der Waals surface area contributed by atoms with E-state index in [1.54, 1.807) is 18.9 Å². The first-order valence-electron chi connectivity index (χ1n) is 9.48. The lowest BCUT2D eigenvalue weighted by atomic mass is 10.1. The van der Waals surface area contributed by atoms with Crippen LogP contribution in [0.25, 0.3) is 0 Å². The lowest BCUT2D eigenvalue weighted by Gasteiger charge is -2.31. The predicted octanol–water partition coefficient (Wildman–Crippen LogP) is 3.57. The van der Waals surface area contributed by atoms with Crippen molar-refractivity contribution >= 4 is 11.8 Å². The minimum atomic E-state index is -0.579. The molecule has 0 spiro atoms. The summed E-state index contributed by atoms with van der Waals surface area (Å²) in [4.78, 5) is 27.4. The normalized spacial score (nSPS) is 12.2. The Labute approximate surface area is 167 Å². The number of carbonyl (C=O) groups is 2. The van der Waals surface area contributed by atoms with E-state index in [0.29, 0.717) is 6.54 Å². The maximum absolute atomic E-state index is 13.1.